The Morgan fingerprint density at radius 1 is 1.45 bits per heavy atom. The molecule has 2 heterocycles. The van der Waals surface area contributed by atoms with Gasteiger partial charge in [-0.3, -0.25) is 10.8 Å². The summed E-state index contributed by atoms with van der Waals surface area (Å²) in [7, 11) is 0. The lowest BCUT2D eigenvalue weighted by atomic mass is 10.1. The van der Waals surface area contributed by atoms with Crippen LogP contribution in [-0.2, 0) is 4.84 Å². The summed E-state index contributed by atoms with van der Waals surface area (Å²) in [6.07, 6.45) is 0. The standard InChI is InChI=1S/C12H14N8OS/c13-10(14)17-12-16-9(5-22-12)7-2-1-3-8(4-7)18-20-6-21-19-11(20)15/h1-5,18H,6H2,(H2,15,19)(H4,13,14,16,17). The summed E-state index contributed by atoms with van der Waals surface area (Å²) < 4.78 is 0. The van der Waals surface area contributed by atoms with Crippen LogP contribution in [0.25, 0.3) is 11.3 Å². The highest BCUT2D eigenvalue weighted by molar-refractivity contribution is 7.14. The fraction of sp³-hybridized carbons (Fsp3) is 0.0833. The van der Waals surface area contributed by atoms with Gasteiger partial charge in [-0.05, 0) is 17.3 Å². The number of guanidine groups is 2. The molecule has 0 amide bonds. The molecule has 0 unspecified atom stereocenters. The first-order valence-electron chi connectivity index (χ1n) is 6.28. The topological polar surface area (TPSA) is 138 Å². The van der Waals surface area contributed by atoms with Gasteiger partial charge >= 0.3 is 0 Å². The number of rotatable bonds is 4. The van der Waals surface area contributed by atoms with Crippen LogP contribution in [0.2, 0.25) is 0 Å². The molecule has 0 aliphatic carbocycles. The molecule has 1 aromatic heterocycles. The molecule has 7 N–H and O–H groups in total. The molecule has 0 radical (unpaired) electrons. The van der Waals surface area contributed by atoms with E-state index in [1.165, 1.54) is 11.3 Å². The molecule has 0 saturated carbocycles. The molecule has 1 aliphatic heterocycles. The van der Waals surface area contributed by atoms with Crippen LogP contribution in [0.5, 0.6) is 0 Å². The number of nitrogens with two attached hydrogens (primary N) is 2. The Hall–Kier alpha value is -3.01. The van der Waals surface area contributed by atoms with Gasteiger partial charge in [-0.2, -0.15) is 0 Å². The zero-order valence-corrected chi connectivity index (χ0v) is 12.2. The summed E-state index contributed by atoms with van der Waals surface area (Å²) in [5, 5.41) is 17.6. The predicted octanol–water partition coefficient (Wildman–Crippen LogP) is 0.962. The minimum atomic E-state index is -0.139. The maximum Gasteiger partial charge on any atom is 0.255 e. The van der Waals surface area contributed by atoms with E-state index in [1.807, 2.05) is 29.6 Å². The molecule has 0 bridgehead atoms. The predicted molar refractivity (Wildman–Crippen MR) is 86.1 cm³/mol. The Kier molecular flexibility index (Phi) is 3.66. The van der Waals surface area contributed by atoms with Gasteiger partial charge in [0.05, 0.1) is 11.4 Å². The first kappa shape index (κ1) is 13.9. The lowest BCUT2D eigenvalue weighted by molar-refractivity contribution is 0.119. The average Bonchev–Trinajstić information content (AvgIpc) is 3.09. The van der Waals surface area contributed by atoms with Crippen molar-refractivity contribution in [2.75, 3.05) is 17.5 Å². The number of nitrogens with one attached hydrogen (secondary N) is 3. The summed E-state index contributed by atoms with van der Waals surface area (Å²) in [5.74, 6) is 0.132. The van der Waals surface area contributed by atoms with Gasteiger partial charge in [-0.25, -0.2) is 9.99 Å². The lowest BCUT2D eigenvalue weighted by Crippen LogP contribution is -2.38. The molecule has 9 nitrogen and oxygen atoms in total. The van der Waals surface area contributed by atoms with E-state index in [4.69, 9.17) is 21.7 Å². The normalized spacial score (nSPS) is 13.5. The van der Waals surface area contributed by atoms with Gasteiger partial charge in [0.25, 0.3) is 5.96 Å². The maximum absolute atomic E-state index is 7.21. The van der Waals surface area contributed by atoms with Gasteiger partial charge in [0.15, 0.2) is 11.1 Å². The van der Waals surface area contributed by atoms with Crippen LogP contribution in [0.3, 0.4) is 0 Å². The van der Waals surface area contributed by atoms with Crippen molar-refractivity contribution in [3.8, 4) is 11.3 Å². The Bertz CT molecular complexity index is 727. The van der Waals surface area contributed by atoms with Crippen molar-refractivity contribution in [3.05, 3.63) is 29.6 Å². The van der Waals surface area contributed by atoms with Crippen molar-refractivity contribution < 1.29 is 4.84 Å². The number of anilines is 2. The summed E-state index contributed by atoms with van der Waals surface area (Å²) in [6.45, 7) is 0.249. The number of nitrogens with zero attached hydrogens (tertiary/aromatic N) is 3. The van der Waals surface area contributed by atoms with Crippen LogP contribution in [0, 0.1) is 5.41 Å². The fourth-order valence-electron chi connectivity index (χ4n) is 1.84. The number of hydrazine groups is 1. The van der Waals surface area contributed by atoms with E-state index in [2.05, 4.69) is 20.9 Å². The van der Waals surface area contributed by atoms with Crippen LogP contribution in [0.15, 0.2) is 34.8 Å². The lowest BCUT2D eigenvalue weighted by Gasteiger charge is -2.17. The van der Waals surface area contributed by atoms with Crippen LogP contribution in [0.1, 0.15) is 0 Å². The minimum Gasteiger partial charge on any atom is -0.370 e. The third-order valence-corrected chi connectivity index (χ3v) is 3.55. The maximum atomic E-state index is 7.21. The molecular weight excluding hydrogens is 304 g/mol. The molecule has 2 aromatic rings. The number of aromatic nitrogens is 1. The van der Waals surface area contributed by atoms with Gasteiger partial charge in [0.2, 0.25) is 6.73 Å². The largest absolute Gasteiger partial charge is 0.370 e. The van der Waals surface area contributed by atoms with E-state index in [0.29, 0.717) is 5.13 Å². The zero-order valence-electron chi connectivity index (χ0n) is 11.4. The molecule has 114 valence electrons. The molecule has 22 heavy (non-hydrogen) atoms. The molecule has 1 aromatic carbocycles. The number of thiazole rings is 1. The molecule has 0 saturated heterocycles. The highest BCUT2D eigenvalue weighted by Gasteiger charge is 2.15. The molecule has 1 aliphatic rings. The van der Waals surface area contributed by atoms with Crippen LogP contribution < -0.4 is 22.2 Å². The fourth-order valence-corrected chi connectivity index (χ4v) is 2.57. The number of oxime groups is 1. The third-order valence-electron chi connectivity index (χ3n) is 2.79. The van der Waals surface area contributed by atoms with E-state index in [9.17, 15) is 0 Å². The second-order valence-electron chi connectivity index (χ2n) is 4.40. The molecule has 0 fully saturated rings. The smallest absolute Gasteiger partial charge is 0.255 e. The quantitative estimate of drug-likeness (QED) is 0.418. The second kappa shape index (κ2) is 5.77. The van der Waals surface area contributed by atoms with Crippen molar-refractivity contribution in [1.82, 2.24) is 9.99 Å². The minimum absolute atomic E-state index is 0.139. The summed E-state index contributed by atoms with van der Waals surface area (Å²) in [5.41, 5.74) is 16.6. The van der Waals surface area contributed by atoms with E-state index in [1.54, 1.807) is 5.01 Å². The number of benzene rings is 1. The Morgan fingerprint density at radius 3 is 3.05 bits per heavy atom. The number of hydrogen-bond donors (Lipinski definition) is 5. The Balaban J connectivity index is 1.77. The number of hydrogen-bond acceptors (Lipinski definition) is 8. The SMILES string of the molecule is N=C(N)Nc1nc(-c2cccc(NN3CON=C3N)c2)cs1. The highest BCUT2D eigenvalue weighted by Crippen LogP contribution is 2.26. The first-order chi connectivity index (χ1) is 10.6. The van der Waals surface area contributed by atoms with Crippen molar-refractivity contribution in [2.45, 2.75) is 0 Å². The molecule has 10 heteroatoms. The Labute approximate surface area is 130 Å². The highest BCUT2D eigenvalue weighted by atomic mass is 32.1. The van der Waals surface area contributed by atoms with Crippen molar-refractivity contribution in [3.63, 3.8) is 0 Å². The third kappa shape index (κ3) is 3.01. The second-order valence-corrected chi connectivity index (χ2v) is 5.26. The monoisotopic (exact) mass is 318 g/mol. The van der Waals surface area contributed by atoms with E-state index in [0.717, 1.165) is 16.9 Å². The Morgan fingerprint density at radius 2 is 2.32 bits per heavy atom. The summed E-state index contributed by atoms with van der Waals surface area (Å²) >= 11 is 1.38. The average molecular weight is 318 g/mol. The van der Waals surface area contributed by atoms with E-state index in [-0.39, 0.29) is 18.6 Å². The van der Waals surface area contributed by atoms with Crippen molar-refractivity contribution >= 4 is 34.1 Å². The van der Waals surface area contributed by atoms with Crippen LogP contribution >= 0.6 is 11.3 Å². The summed E-state index contributed by atoms with van der Waals surface area (Å²) in [4.78, 5) is 9.25. The van der Waals surface area contributed by atoms with Crippen LogP contribution in [-0.4, -0.2) is 28.6 Å². The van der Waals surface area contributed by atoms with Crippen LogP contribution in [0.4, 0.5) is 10.8 Å². The van der Waals surface area contributed by atoms with Crippen molar-refractivity contribution in [1.29, 1.82) is 5.41 Å². The van der Waals surface area contributed by atoms with Gasteiger partial charge < -0.3 is 21.6 Å². The molecular formula is C12H14N8OS. The van der Waals surface area contributed by atoms with E-state index >= 15 is 0 Å². The van der Waals surface area contributed by atoms with Gasteiger partial charge in [-0.1, -0.05) is 12.1 Å². The first-order valence-corrected chi connectivity index (χ1v) is 7.16. The molecule has 0 spiro atoms. The molecule has 3 rings (SSSR count). The van der Waals surface area contributed by atoms with Crippen molar-refractivity contribution in [2.24, 2.45) is 16.6 Å². The van der Waals surface area contributed by atoms with Gasteiger partial charge in [0.1, 0.15) is 0 Å². The molecule has 0 atom stereocenters. The van der Waals surface area contributed by atoms with Gasteiger partial charge in [-0.15, -0.1) is 11.3 Å². The zero-order chi connectivity index (χ0) is 15.5. The van der Waals surface area contributed by atoms with E-state index < -0.39 is 0 Å². The summed E-state index contributed by atoms with van der Waals surface area (Å²) in [6, 6.07) is 7.67. The van der Waals surface area contributed by atoms with Gasteiger partial charge in [0, 0.05) is 10.9 Å².